The molecule has 1 aromatic carbocycles. The van der Waals surface area contributed by atoms with Gasteiger partial charge in [-0.1, -0.05) is 43.2 Å². The minimum Gasteiger partial charge on any atom is -0.305 e. The summed E-state index contributed by atoms with van der Waals surface area (Å²) < 4.78 is 0. The molecule has 5 heteroatoms. The van der Waals surface area contributed by atoms with E-state index >= 15 is 0 Å². The van der Waals surface area contributed by atoms with Gasteiger partial charge < -0.3 is 4.90 Å². The molecule has 0 bridgehead atoms. The molecule has 1 N–H and O–H groups in total. The molecule has 1 saturated carbocycles. The Bertz CT molecular complexity index is 728. The van der Waals surface area contributed by atoms with E-state index in [-0.39, 0.29) is 0 Å². The van der Waals surface area contributed by atoms with Crippen LogP contribution in [0.15, 0.2) is 30.3 Å². The van der Waals surface area contributed by atoms with Gasteiger partial charge in [-0.3, -0.25) is 10.00 Å². The van der Waals surface area contributed by atoms with Crippen LogP contribution in [-0.2, 0) is 0 Å². The molecule has 1 aliphatic carbocycles. The number of hydrogen-bond acceptors (Lipinski definition) is 4. The molecule has 3 fully saturated rings. The molecule has 25 heavy (non-hydrogen) atoms. The summed E-state index contributed by atoms with van der Waals surface area (Å²) in [5, 5.41) is 7.78. The van der Waals surface area contributed by atoms with Gasteiger partial charge in [0.2, 0.25) is 0 Å². The number of benzene rings is 1. The van der Waals surface area contributed by atoms with Crippen LogP contribution < -0.4 is 0 Å². The molecule has 2 aliphatic heterocycles. The zero-order valence-corrected chi connectivity index (χ0v) is 15.0. The van der Waals surface area contributed by atoms with Gasteiger partial charge in [-0.05, 0) is 19.9 Å². The molecular formula is C20H27N5. The largest absolute Gasteiger partial charge is 0.305 e. The van der Waals surface area contributed by atoms with Gasteiger partial charge in [-0.25, -0.2) is 4.98 Å². The minimum absolute atomic E-state index is 0.366. The number of aromatic amines is 1. The molecule has 5 nitrogen and oxygen atoms in total. The molecule has 132 valence electrons. The summed E-state index contributed by atoms with van der Waals surface area (Å²) in [4.78, 5) is 10.1. The summed E-state index contributed by atoms with van der Waals surface area (Å²) in [6.45, 7) is 4.73. The van der Waals surface area contributed by atoms with Crippen molar-refractivity contribution in [3.63, 3.8) is 0 Å². The van der Waals surface area contributed by atoms with E-state index in [1.54, 1.807) is 0 Å². The molecule has 1 spiro atoms. The third kappa shape index (κ3) is 2.61. The fourth-order valence-electron chi connectivity index (χ4n) is 5.35. The third-order valence-corrected chi connectivity index (χ3v) is 6.56. The molecule has 3 aliphatic rings. The maximum absolute atomic E-state index is 4.88. The number of nitrogens with zero attached hydrogens (tertiary/aromatic N) is 4. The van der Waals surface area contributed by atoms with Gasteiger partial charge in [-0.2, -0.15) is 5.10 Å². The van der Waals surface area contributed by atoms with Crippen molar-refractivity contribution in [2.24, 2.45) is 5.41 Å². The standard InChI is InChI=1S/C20H27N5/c1-24-11-17(19-21-18(22-23-19)15-7-3-2-4-8-15)20(12-24)13-25(14-20)16-9-5-6-10-16/h2-4,7-8,16-17H,5-6,9-14H2,1H3,(H,21,22,23). The van der Waals surface area contributed by atoms with Crippen molar-refractivity contribution >= 4 is 0 Å². The van der Waals surface area contributed by atoms with E-state index in [1.165, 1.54) is 45.3 Å². The first-order chi connectivity index (χ1) is 12.2. The first-order valence-electron chi connectivity index (χ1n) is 9.64. The van der Waals surface area contributed by atoms with Gasteiger partial charge in [0, 0.05) is 49.1 Å². The van der Waals surface area contributed by atoms with Crippen LogP contribution in [0.1, 0.15) is 37.4 Å². The Kier molecular flexibility index (Phi) is 3.68. The molecule has 0 amide bonds. The van der Waals surface area contributed by atoms with Crippen molar-refractivity contribution in [2.75, 3.05) is 33.2 Å². The number of likely N-dealkylation sites (tertiary alicyclic amines) is 2. The number of hydrogen-bond donors (Lipinski definition) is 1. The van der Waals surface area contributed by atoms with E-state index in [2.05, 4.69) is 39.2 Å². The molecule has 2 aromatic rings. The first kappa shape index (κ1) is 15.5. The number of rotatable bonds is 3. The number of aromatic nitrogens is 3. The van der Waals surface area contributed by atoms with Gasteiger partial charge in [0.25, 0.3) is 0 Å². The van der Waals surface area contributed by atoms with Crippen LogP contribution in [0.25, 0.3) is 11.4 Å². The van der Waals surface area contributed by atoms with Crippen molar-refractivity contribution in [2.45, 2.75) is 37.6 Å². The van der Waals surface area contributed by atoms with Gasteiger partial charge in [0.1, 0.15) is 5.82 Å². The van der Waals surface area contributed by atoms with E-state index < -0.39 is 0 Å². The molecule has 5 rings (SSSR count). The van der Waals surface area contributed by atoms with Gasteiger partial charge >= 0.3 is 0 Å². The number of nitrogens with one attached hydrogen (secondary N) is 1. The van der Waals surface area contributed by atoms with E-state index in [0.29, 0.717) is 11.3 Å². The van der Waals surface area contributed by atoms with Crippen LogP contribution >= 0.6 is 0 Å². The van der Waals surface area contributed by atoms with Crippen LogP contribution in [-0.4, -0.2) is 64.2 Å². The van der Waals surface area contributed by atoms with Crippen molar-refractivity contribution in [1.29, 1.82) is 0 Å². The number of H-pyrrole nitrogens is 1. The second-order valence-electron chi connectivity index (χ2n) is 8.37. The fourth-order valence-corrected chi connectivity index (χ4v) is 5.35. The van der Waals surface area contributed by atoms with Crippen LogP contribution in [0.2, 0.25) is 0 Å². The highest BCUT2D eigenvalue weighted by molar-refractivity contribution is 5.54. The Hall–Kier alpha value is -1.72. The van der Waals surface area contributed by atoms with Crippen molar-refractivity contribution in [3.8, 4) is 11.4 Å². The maximum atomic E-state index is 4.88. The summed E-state index contributed by atoms with van der Waals surface area (Å²) >= 11 is 0. The van der Waals surface area contributed by atoms with Crippen molar-refractivity contribution in [1.82, 2.24) is 25.0 Å². The Balaban J connectivity index is 1.37. The van der Waals surface area contributed by atoms with E-state index in [1.807, 2.05) is 18.2 Å². The van der Waals surface area contributed by atoms with Gasteiger partial charge in [-0.15, -0.1) is 0 Å². The normalized spacial score (nSPS) is 27.2. The van der Waals surface area contributed by atoms with Gasteiger partial charge in [0.05, 0.1) is 0 Å². The molecule has 1 atom stereocenters. The second kappa shape index (κ2) is 5.92. The maximum Gasteiger partial charge on any atom is 0.181 e. The summed E-state index contributed by atoms with van der Waals surface area (Å²) in [7, 11) is 2.24. The zero-order chi connectivity index (χ0) is 16.9. The second-order valence-corrected chi connectivity index (χ2v) is 8.37. The smallest absolute Gasteiger partial charge is 0.181 e. The van der Waals surface area contributed by atoms with Crippen LogP contribution in [0.3, 0.4) is 0 Å². The summed E-state index contributed by atoms with van der Waals surface area (Å²) in [5.41, 5.74) is 1.46. The van der Waals surface area contributed by atoms with E-state index in [0.717, 1.165) is 29.8 Å². The highest BCUT2D eigenvalue weighted by atomic mass is 15.3. The minimum atomic E-state index is 0.366. The summed E-state index contributed by atoms with van der Waals surface area (Å²) in [6, 6.07) is 11.1. The zero-order valence-electron chi connectivity index (χ0n) is 15.0. The average molecular weight is 337 g/mol. The van der Waals surface area contributed by atoms with Gasteiger partial charge in [0.15, 0.2) is 5.82 Å². The van der Waals surface area contributed by atoms with E-state index in [9.17, 15) is 0 Å². The summed E-state index contributed by atoms with van der Waals surface area (Å²) in [5.74, 6) is 2.38. The van der Waals surface area contributed by atoms with Crippen molar-refractivity contribution in [3.05, 3.63) is 36.2 Å². The summed E-state index contributed by atoms with van der Waals surface area (Å²) in [6.07, 6.45) is 5.63. The lowest BCUT2D eigenvalue weighted by Crippen LogP contribution is -2.62. The van der Waals surface area contributed by atoms with Crippen LogP contribution in [0.5, 0.6) is 0 Å². The molecular weight excluding hydrogens is 310 g/mol. The Morgan fingerprint density at radius 1 is 1.08 bits per heavy atom. The Labute approximate surface area is 149 Å². The monoisotopic (exact) mass is 337 g/mol. The quantitative estimate of drug-likeness (QED) is 0.936. The lowest BCUT2D eigenvalue weighted by molar-refractivity contribution is -0.0325. The molecule has 1 unspecified atom stereocenters. The van der Waals surface area contributed by atoms with Crippen LogP contribution in [0.4, 0.5) is 0 Å². The highest BCUT2D eigenvalue weighted by Gasteiger charge is 2.56. The van der Waals surface area contributed by atoms with Crippen molar-refractivity contribution < 1.29 is 0 Å². The fraction of sp³-hybridized carbons (Fsp3) is 0.600. The molecule has 2 saturated heterocycles. The first-order valence-corrected chi connectivity index (χ1v) is 9.64. The van der Waals surface area contributed by atoms with E-state index in [4.69, 9.17) is 4.98 Å². The molecule has 3 heterocycles. The average Bonchev–Trinajstić information content (AvgIpc) is 3.33. The lowest BCUT2D eigenvalue weighted by Gasteiger charge is -2.53. The number of likely N-dealkylation sites (N-methyl/N-ethyl adjacent to an activating group) is 1. The topological polar surface area (TPSA) is 48.1 Å². The molecule has 0 radical (unpaired) electrons. The predicted molar refractivity (Wildman–Crippen MR) is 98.3 cm³/mol. The third-order valence-electron chi connectivity index (χ3n) is 6.56. The Morgan fingerprint density at radius 3 is 2.60 bits per heavy atom. The highest BCUT2D eigenvalue weighted by Crippen LogP contribution is 2.49. The predicted octanol–water partition coefficient (Wildman–Crippen LogP) is 2.75. The van der Waals surface area contributed by atoms with Crippen LogP contribution in [0, 0.1) is 5.41 Å². The SMILES string of the molecule is CN1CC(c2nc(-c3ccccc3)n[nH]2)C2(C1)CN(C1CCCC1)C2. The molecule has 1 aromatic heterocycles. The lowest BCUT2D eigenvalue weighted by atomic mass is 9.70. The Morgan fingerprint density at radius 2 is 1.84 bits per heavy atom.